The van der Waals surface area contributed by atoms with Crippen LogP contribution in [-0.4, -0.2) is 60.1 Å². The van der Waals surface area contributed by atoms with E-state index in [1.165, 1.54) is 12.8 Å². The fourth-order valence-electron chi connectivity index (χ4n) is 4.00. The fourth-order valence-corrected chi connectivity index (χ4v) is 4.00. The number of aryl methyl sites for hydroxylation is 3. The summed E-state index contributed by atoms with van der Waals surface area (Å²) in [6.45, 7) is 7.07. The van der Waals surface area contributed by atoms with Gasteiger partial charge in [0.25, 0.3) is 5.56 Å². The molecule has 0 radical (unpaired) electrons. The second-order valence-corrected chi connectivity index (χ2v) is 7.73. The van der Waals surface area contributed by atoms with Crippen molar-refractivity contribution in [2.45, 2.75) is 45.7 Å². The van der Waals surface area contributed by atoms with Gasteiger partial charge in [0.2, 0.25) is 0 Å². The van der Waals surface area contributed by atoms with Gasteiger partial charge in [0.1, 0.15) is 11.6 Å². The molecule has 0 saturated carbocycles. The minimum atomic E-state index is -0.0438. The predicted molar refractivity (Wildman–Crippen MR) is 112 cm³/mol. The lowest BCUT2D eigenvalue weighted by atomic mass is 10.0. The highest BCUT2D eigenvalue weighted by Crippen LogP contribution is 2.21. The monoisotopic (exact) mass is 396 g/mol. The van der Waals surface area contributed by atoms with E-state index in [1.54, 1.807) is 21.5 Å². The van der Waals surface area contributed by atoms with Crippen molar-refractivity contribution in [3.63, 3.8) is 0 Å². The van der Waals surface area contributed by atoms with Crippen molar-refractivity contribution in [1.29, 1.82) is 0 Å². The van der Waals surface area contributed by atoms with E-state index in [-0.39, 0.29) is 5.56 Å². The normalized spacial score (nSPS) is 17.7. The molecule has 1 aliphatic heterocycles. The van der Waals surface area contributed by atoms with Crippen LogP contribution in [0.1, 0.15) is 30.8 Å². The lowest BCUT2D eigenvalue weighted by Gasteiger charge is -2.36. The molecule has 1 unspecified atom stereocenters. The van der Waals surface area contributed by atoms with Crippen LogP contribution in [-0.2, 0) is 13.6 Å². The highest BCUT2D eigenvalue weighted by Gasteiger charge is 2.23. The minimum Gasteiger partial charge on any atom is -0.368 e. The molecule has 1 N–H and O–H groups in total. The van der Waals surface area contributed by atoms with Crippen molar-refractivity contribution < 1.29 is 0 Å². The van der Waals surface area contributed by atoms with Gasteiger partial charge in [-0.05, 0) is 39.3 Å². The summed E-state index contributed by atoms with van der Waals surface area (Å²) in [6.07, 6.45) is 5.34. The van der Waals surface area contributed by atoms with Gasteiger partial charge in [-0.3, -0.25) is 14.4 Å². The van der Waals surface area contributed by atoms with Gasteiger partial charge in [0.05, 0.1) is 23.8 Å². The number of hydrogen-bond acceptors (Lipinski definition) is 7. The zero-order valence-corrected chi connectivity index (χ0v) is 17.3. The van der Waals surface area contributed by atoms with Crippen molar-refractivity contribution >= 4 is 16.9 Å². The van der Waals surface area contributed by atoms with Crippen LogP contribution in [0.25, 0.3) is 11.0 Å². The number of piperidine rings is 1. The van der Waals surface area contributed by atoms with Crippen molar-refractivity contribution in [2.75, 3.05) is 25.0 Å². The molecule has 9 heteroatoms. The molecule has 0 bridgehead atoms. The summed E-state index contributed by atoms with van der Waals surface area (Å²) in [7, 11) is 1.89. The zero-order chi connectivity index (χ0) is 20.4. The van der Waals surface area contributed by atoms with Gasteiger partial charge >= 0.3 is 0 Å². The maximum absolute atomic E-state index is 12.0. The molecule has 1 aliphatic rings. The Morgan fingerprint density at radius 1 is 1.17 bits per heavy atom. The third-order valence-corrected chi connectivity index (χ3v) is 5.56. The number of hydrogen-bond donors (Lipinski definition) is 1. The van der Waals surface area contributed by atoms with Gasteiger partial charge < -0.3 is 5.32 Å². The molecule has 0 aliphatic carbocycles. The van der Waals surface area contributed by atoms with Crippen LogP contribution >= 0.6 is 0 Å². The van der Waals surface area contributed by atoms with E-state index in [4.69, 9.17) is 0 Å². The molecule has 9 nitrogen and oxygen atoms in total. The van der Waals surface area contributed by atoms with Crippen LogP contribution in [0, 0.1) is 13.8 Å². The minimum absolute atomic E-state index is 0.0438. The topological polar surface area (TPSA) is 93.8 Å². The van der Waals surface area contributed by atoms with E-state index in [1.807, 2.05) is 27.1 Å². The Morgan fingerprint density at radius 3 is 2.90 bits per heavy atom. The molecule has 4 rings (SSSR count). The Hall–Kier alpha value is -2.81. The molecule has 29 heavy (non-hydrogen) atoms. The van der Waals surface area contributed by atoms with Gasteiger partial charge in [-0.1, -0.05) is 6.42 Å². The summed E-state index contributed by atoms with van der Waals surface area (Å²) in [4.78, 5) is 23.6. The Balaban J connectivity index is 1.44. The molecule has 3 aromatic rings. The molecule has 0 aromatic carbocycles. The number of likely N-dealkylation sites (tertiary alicyclic amines) is 1. The molecule has 1 fully saturated rings. The molecule has 1 saturated heterocycles. The molecule has 1 atom stereocenters. The molecule has 4 heterocycles. The smallest absolute Gasteiger partial charge is 0.266 e. The maximum atomic E-state index is 12.0. The van der Waals surface area contributed by atoms with E-state index in [0.717, 1.165) is 54.4 Å². The first-order chi connectivity index (χ1) is 14.0. The number of aromatic nitrogens is 6. The summed E-state index contributed by atoms with van der Waals surface area (Å²) in [5.41, 5.74) is 1.66. The average Bonchev–Trinajstić information content (AvgIpc) is 3.08. The van der Waals surface area contributed by atoms with Crippen LogP contribution in [0.4, 0.5) is 5.82 Å². The molecule has 3 aromatic heterocycles. The second kappa shape index (κ2) is 8.28. The molecule has 154 valence electrons. The van der Waals surface area contributed by atoms with E-state index in [9.17, 15) is 4.79 Å². The standard InChI is InChI=1S/C20H28N8O/c1-14-7-8-18(29)28(25-14)11-10-27-9-5-4-6-16(27)12-21-19-17-13-22-26(3)20(17)24-15(2)23-19/h7-8,13,16H,4-6,9-12H2,1-3H3,(H,21,23,24). The Labute approximate surface area is 169 Å². The molecule has 0 amide bonds. The number of nitrogens with zero attached hydrogens (tertiary/aromatic N) is 7. The van der Waals surface area contributed by atoms with E-state index in [0.29, 0.717) is 12.6 Å². The Morgan fingerprint density at radius 2 is 2.03 bits per heavy atom. The fraction of sp³-hybridized carbons (Fsp3) is 0.550. The van der Waals surface area contributed by atoms with Crippen LogP contribution in [0.2, 0.25) is 0 Å². The van der Waals surface area contributed by atoms with Crippen LogP contribution < -0.4 is 10.9 Å². The van der Waals surface area contributed by atoms with E-state index < -0.39 is 0 Å². The van der Waals surface area contributed by atoms with Gasteiger partial charge in [-0.15, -0.1) is 0 Å². The highest BCUT2D eigenvalue weighted by atomic mass is 16.1. The average molecular weight is 396 g/mol. The van der Waals surface area contributed by atoms with Crippen LogP contribution in [0.15, 0.2) is 23.1 Å². The van der Waals surface area contributed by atoms with Crippen LogP contribution in [0.3, 0.4) is 0 Å². The van der Waals surface area contributed by atoms with E-state index >= 15 is 0 Å². The first kappa shape index (κ1) is 19.5. The number of anilines is 1. The summed E-state index contributed by atoms with van der Waals surface area (Å²) in [5.74, 6) is 1.57. The van der Waals surface area contributed by atoms with Gasteiger partial charge in [0.15, 0.2) is 5.65 Å². The Kier molecular flexibility index (Phi) is 5.57. The van der Waals surface area contributed by atoms with Gasteiger partial charge in [0, 0.05) is 32.2 Å². The van der Waals surface area contributed by atoms with Crippen molar-refractivity contribution in [3.05, 3.63) is 40.2 Å². The number of fused-ring (bicyclic) bond motifs is 1. The lowest BCUT2D eigenvalue weighted by Crippen LogP contribution is -2.45. The third-order valence-electron chi connectivity index (χ3n) is 5.56. The first-order valence-electron chi connectivity index (χ1n) is 10.2. The molecular formula is C20H28N8O. The summed E-state index contributed by atoms with van der Waals surface area (Å²) < 4.78 is 3.34. The first-order valence-corrected chi connectivity index (χ1v) is 10.2. The van der Waals surface area contributed by atoms with E-state index in [2.05, 4.69) is 30.4 Å². The van der Waals surface area contributed by atoms with Crippen molar-refractivity contribution in [2.24, 2.45) is 7.05 Å². The predicted octanol–water partition coefficient (Wildman–Crippen LogP) is 1.50. The molecular weight excluding hydrogens is 368 g/mol. The summed E-state index contributed by atoms with van der Waals surface area (Å²) >= 11 is 0. The number of nitrogens with one attached hydrogen (secondary N) is 1. The number of rotatable bonds is 6. The summed E-state index contributed by atoms with van der Waals surface area (Å²) in [5, 5.41) is 13.1. The SMILES string of the molecule is Cc1ccc(=O)n(CCN2CCCCC2CNc2nc(C)nc3c2cnn3C)n1. The van der Waals surface area contributed by atoms with Crippen LogP contribution in [0.5, 0.6) is 0 Å². The quantitative estimate of drug-likeness (QED) is 0.675. The summed E-state index contributed by atoms with van der Waals surface area (Å²) in [6, 6.07) is 3.75. The second-order valence-electron chi connectivity index (χ2n) is 7.73. The maximum Gasteiger partial charge on any atom is 0.266 e. The molecule has 0 spiro atoms. The Bertz CT molecular complexity index is 1060. The highest BCUT2D eigenvalue weighted by molar-refractivity contribution is 5.86. The van der Waals surface area contributed by atoms with Crippen molar-refractivity contribution in [1.82, 2.24) is 34.4 Å². The third kappa shape index (κ3) is 4.29. The zero-order valence-electron chi connectivity index (χ0n) is 17.3. The van der Waals surface area contributed by atoms with Gasteiger partial charge in [-0.25, -0.2) is 14.6 Å². The van der Waals surface area contributed by atoms with Gasteiger partial charge in [-0.2, -0.15) is 10.2 Å². The largest absolute Gasteiger partial charge is 0.368 e. The lowest BCUT2D eigenvalue weighted by molar-refractivity contribution is 0.148. The van der Waals surface area contributed by atoms with Crippen molar-refractivity contribution in [3.8, 4) is 0 Å².